The van der Waals surface area contributed by atoms with Crippen molar-refractivity contribution in [2.45, 2.75) is 13.3 Å². The number of anilines is 1. The van der Waals surface area contributed by atoms with Crippen molar-refractivity contribution in [3.8, 4) is 0 Å². The Hall–Kier alpha value is -2.68. The van der Waals surface area contributed by atoms with Gasteiger partial charge in [-0.05, 0) is 13.0 Å². The number of hydrazine groups is 1. The second-order valence-corrected chi connectivity index (χ2v) is 4.09. The molecule has 0 fully saturated rings. The molecule has 9 heteroatoms. The van der Waals surface area contributed by atoms with E-state index in [-0.39, 0.29) is 35.8 Å². The maximum atomic E-state index is 12.0. The van der Waals surface area contributed by atoms with Crippen LogP contribution in [0.2, 0.25) is 0 Å². The summed E-state index contributed by atoms with van der Waals surface area (Å²) >= 11 is 0. The third-order valence-corrected chi connectivity index (χ3v) is 2.63. The Balaban J connectivity index is 2.74. The summed E-state index contributed by atoms with van der Waals surface area (Å²) in [5, 5.41) is 15.8. The van der Waals surface area contributed by atoms with Gasteiger partial charge in [-0.2, -0.15) is 0 Å². The maximum Gasteiger partial charge on any atom is 0.270 e. The quantitative estimate of drug-likeness (QED) is 0.320. The highest BCUT2D eigenvalue weighted by Crippen LogP contribution is 2.21. The van der Waals surface area contributed by atoms with E-state index < -0.39 is 10.8 Å². The van der Waals surface area contributed by atoms with E-state index in [1.54, 1.807) is 6.92 Å². The maximum absolute atomic E-state index is 12.0. The summed E-state index contributed by atoms with van der Waals surface area (Å²) in [5.74, 6) is 4.54. The molecule has 21 heavy (non-hydrogen) atoms. The van der Waals surface area contributed by atoms with Crippen molar-refractivity contribution in [2.24, 2.45) is 5.84 Å². The highest BCUT2D eigenvalue weighted by molar-refractivity contribution is 6.00. The van der Waals surface area contributed by atoms with E-state index >= 15 is 0 Å². The fourth-order valence-electron chi connectivity index (χ4n) is 1.63. The van der Waals surface area contributed by atoms with Crippen molar-refractivity contribution in [2.75, 3.05) is 18.5 Å². The summed E-state index contributed by atoms with van der Waals surface area (Å²) < 4.78 is 0. The zero-order valence-electron chi connectivity index (χ0n) is 11.5. The lowest BCUT2D eigenvalue weighted by Crippen LogP contribution is -2.31. The molecule has 0 saturated heterocycles. The summed E-state index contributed by atoms with van der Waals surface area (Å²) in [6.45, 7) is 2.43. The number of nitrogens with zero attached hydrogens (tertiary/aromatic N) is 1. The number of hydrogen-bond donors (Lipinski definition) is 4. The minimum Gasteiger partial charge on any atom is -0.356 e. The van der Waals surface area contributed by atoms with Crippen molar-refractivity contribution < 1.29 is 14.5 Å². The standard InChI is InChI=1S/C12H17N5O4/c1-2-14-11(18)5-6-15-12(19)9-7-8(17(20)21)3-4-10(9)16-13/h3-4,7,16H,2,5-6,13H2,1H3,(H,14,18)(H,15,19). The van der Waals surface area contributed by atoms with Gasteiger partial charge < -0.3 is 16.1 Å². The molecule has 9 nitrogen and oxygen atoms in total. The van der Waals surface area contributed by atoms with Crippen LogP contribution in [0.4, 0.5) is 11.4 Å². The summed E-state index contributed by atoms with van der Waals surface area (Å²) in [6.07, 6.45) is 0.125. The molecule has 1 aromatic carbocycles. The molecule has 0 aliphatic rings. The Morgan fingerprint density at radius 2 is 2.05 bits per heavy atom. The Kier molecular flexibility index (Phi) is 6.08. The normalized spacial score (nSPS) is 9.81. The predicted octanol–water partition coefficient (Wildman–Crippen LogP) is 0.136. The fourth-order valence-corrected chi connectivity index (χ4v) is 1.63. The third kappa shape index (κ3) is 4.73. The molecular formula is C12H17N5O4. The number of carbonyl (C=O) groups excluding carboxylic acids is 2. The average molecular weight is 295 g/mol. The Labute approximate surface area is 121 Å². The number of carbonyl (C=O) groups is 2. The monoisotopic (exact) mass is 295 g/mol. The Bertz CT molecular complexity index is 546. The summed E-state index contributed by atoms with van der Waals surface area (Å²) in [5.41, 5.74) is 2.38. The summed E-state index contributed by atoms with van der Waals surface area (Å²) in [6, 6.07) is 3.70. The number of amides is 2. The van der Waals surface area contributed by atoms with E-state index in [2.05, 4.69) is 16.1 Å². The van der Waals surface area contributed by atoms with Gasteiger partial charge in [-0.3, -0.25) is 25.5 Å². The molecule has 5 N–H and O–H groups in total. The highest BCUT2D eigenvalue weighted by Gasteiger charge is 2.16. The number of nitro groups is 1. The van der Waals surface area contributed by atoms with Crippen LogP contribution in [0.3, 0.4) is 0 Å². The van der Waals surface area contributed by atoms with Crippen LogP contribution in [0, 0.1) is 10.1 Å². The van der Waals surface area contributed by atoms with Gasteiger partial charge in [0.05, 0.1) is 16.2 Å². The molecule has 2 amide bonds. The van der Waals surface area contributed by atoms with E-state index in [9.17, 15) is 19.7 Å². The SMILES string of the molecule is CCNC(=O)CCNC(=O)c1cc([N+](=O)[O-])ccc1NN. The van der Waals surface area contributed by atoms with Gasteiger partial charge in [0.2, 0.25) is 5.91 Å². The lowest BCUT2D eigenvalue weighted by molar-refractivity contribution is -0.384. The molecule has 0 aromatic heterocycles. The first kappa shape index (κ1) is 16.4. The van der Waals surface area contributed by atoms with Gasteiger partial charge in [-0.25, -0.2) is 0 Å². The largest absolute Gasteiger partial charge is 0.356 e. The van der Waals surface area contributed by atoms with Crippen molar-refractivity contribution in [3.63, 3.8) is 0 Å². The molecule has 0 spiro atoms. The summed E-state index contributed by atoms with van der Waals surface area (Å²) in [4.78, 5) is 33.3. The van der Waals surface area contributed by atoms with E-state index in [1.807, 2.05) is 0 Å². The number of nitrogens with two attached hydrogens (primary N) is 1. The smallest absolute Gasteiger partial charge is 0.270 e. The van der Waals surface area contributed by atoms with Crippen LogP contribution in [0.15, 0.2) is 18.2 Å². The van der Waals surface area contributed by atoms with Crippen molar-refractivity contribution >= 4 is 23.2 Å². The molecule has 1 rings (SSSR count). The van der Waals surface area contributed by atoms with Crippen LogP contribution in [-0.2, 0) is 4.79 Å². The molecule has 0 aliphatic heterocycles. The van der Waals surface area contributed by atoms with Gasteiger partial charge in [0.25, 0.3) is 11.6 Å². The lowest BCUT2D eigenvalue weighted by atomic mass is 10.1. The zero-order chi connectivity index (χ0) is 15.8. The first-order valence-electron chi connectivity index (χ1n) is 6.29. The van der Waals surface area contributed by atoms with Crippen LogP contribution < -0.4 is 21.9 Å². The number of nitrogens with one attached hydrogen (secondary N) is 3. The number of nitrogen functional groups attached to an aromatic ring is 1. The number of hydrogen-bond acceptors (Lipinski definition) is 6. The number of non-ortho nitro benzene ring substituents is 1. The van der Waals surface area contributed by atoms with Gasteiger partial charge in [0, 0.05) is 31.6 Å². The van der Waals surface area contributed by atoms with Crippen LogP contribution >= 0.6 is 0 Å². The van der Waals surface area contributed by atoms with E-state index in [1.165, 1.54) is 12.1 Å². The molecular weight excluding hydrogens is 278 g/mol. The molecule has 0 heterocycles. The molecule has 0 atom stereocenters. The molecule has 0 unspecified atom stereocenters. The second-order valence-electron chi connectivity index (χ2n) is 4.09. The van der Waals surface area contributed by atoms with E-state index in [0.29, 0.717) is 6.54 Å². The van der Waals surface area contributed by atoms with Gasteiger partial charge in [0.1, 0.15) is 0 Å². The second kappa shape index (κ2) is 7.80. The molecule has 0 bridgehead atoms. The molecule has 114 valence electrons. The van der Waals surface area contributed by atoms with Gasteiger partial charge in [-0.1, -0.05) is 0 Å². The highest BCUT2D eigenvalue weighted by atomic mass is 16.6. The van der Waals surface area contributed by atoms with E-state index in [4.69, 9.17) is 5.84 Å². The molecule has 0 saturated carbocycles. The van der Waals surface area contributed by atoms with Crippen LogP contribution in [0.25, 0.3) is 0 Å². The van der Waals surface area contributed by atoms with Crippen LogP contribution in [-0.4, -0.2) is 29.8 Å². The fraction of sp³-hybridized carbons (Fsp3) is 0.333. The molecule has 0 aliphatic carbocycles. The van der Waals surface area contributed by atoms with Crippen molar-refractivity contribution in [3.05, 3.63) is 33.9 Å². The van der Waals surface area contributed by atoms with Crippen LogP contribution in [0.1, 0.15) is 23.7 Å². The summed E-state index contributed by atoms with van der Waals surface area (Å²) in [7, 11) is 0. The third-order valence-electron chi connectivity index (χ3n) is 2.63. The lowest BCUT2D eigenvalue weighted by Gasteiger charge is -2.09. The van der Waals surface area contributed by atoms with Gasteiger partial charge >= 0.3 is 0 Å². The minimum atomic E-state index is -0.605. The Morgan fingerprint density at radius 1 is 1.33 bits per heavy atom. The van der Waals surface area contributed by atoms with Crippen molar-refractivity contribution in [1.82, 2.24) is 10.6 Å². The Morgan fingerprint density at radius 3 is 2.62 bits per heavy atom. The number of rotatable bonds is 7. The zero-order valence-corrected chi connectivity index (χ0v) is 11.5. The molecule has 1 aromatic rings. The van der Waals surface area contributed by atoms with E-state index in [0.717, 1.165) is 6.07 Å². The first-order valence-corrected chi connectivity index (χ1v) is 6.29. The first-order chi connectivity index (χ1) is 9.99. The van der Waals surface area contributed by atoms with Crippen molar-refractivity contribution in [1.29, 1.82) is 0 Å². The van der Waals surface area contributed by atoms with Gasteiger partial charge in [-0.15, -0.1) is 0 Å². The number of benzene rings is 1. The predicted molar refractivity (Wildman–Crippen MR) is 76.5 cm³/mol. The topological polar surface area (TPSA) is 139 Å². The average Bonchev–Trinajstić information content (AvgIpc) is 2.46. The molecule has 0 radical (unpaired) electrons. The van der Waals surface area contributed by atoms with Gasteiger partial charge in [0.15, 0.2) is 0 Å². The minimum absolute atomic E-state index is 0.0441. The number of nitro benzene ring substituents is 1. The van der Waals surface area contributed by atoms with Crippen LogP contribution in [0.5, 0.6) is 0 Å².